The fourth-order valence-electron chi connectivity index (χ4n) is 2.14. The first-order valence-corrected chi connectivity index (χ1v) is 5.68. The Labute approximate surface area is 82.4 Å². The van der Waals surface area contributed by atoms with E-state index in [0.717, 1.165) is 0 Å². The summed E-state index contributed by atoms with van der Waals surface area (Å²) in [4.78, 5) is 0. The van der Waals surface area contributed by atoms with Crippen LogP contribution in [-0.4, -0.2) is 6.04 Å². The van der Waals surface area contributed by atoms with Gasteiger partial charge in [-0.25, -0.2) is 0 Å². The zero-order valence-corrected chi connectivity index (χ0v) is 9.00. The Bertz CT molecular complexity index is 163. The van der Waals surface area contributed by atoms with Gasteiger partial charge in [0.25, 0.3) is 0 Å². The molecule has 1 fully saturated rings. The van der Waals surface area contributed by atoms with E-state index in [1.165, 1.54) is 32.1 Å². The minimum Gasteiger partial charge on any atom is -0.327 e. The Balaban J connectivity index is 2.39. The van der Waals surface area contributed by atoms with Crippen LogP contribution in [0.2, 0.25) is 0 Å². The number of nitrogens with two attached hydrogens (primary N) is 1. The van der Waals surface area contributed by atoms with Gasteiger partial charge in [-0.2, -0.15) is 0 Å². The number of rotatable bonds is 3. The molecule has 1 nitrogen and oxygen atoms in total. The van der Waals surface area contributed by atoms with Crippen molar-refractivity contribution < 1.29 is 0 Å². The van der Waals surface area contributed by atoms with Crippen molar-refractivity contribution in [2.24, 2.45) is 17.6 Å². The molecule has 13 heavy (non-hydrogen) atoms. The fourth-order valence-corrected chi connectivity index (χ4v) is 2.14. The SMILES string of the molecule is CCC/C=C\C1CCCC(C)C1N. The second-order valence-electron chi connectivity index (χ2n) is 4.37. The first kappa shape index (κ1) is 10.8. The third-order valence-electron chi connectivity index (χ3n) is 3.19. The lowest BCUT2D eigenvalue weighted by Crippen LogP contribution is -2.38. The second kappa shape index (κ2) is 5.43. The van der Waals surface area contributed by atoms with Crippen LogP contribution in [0.3, 0.4) is 0 Å². The van der Waals surface area contributed by atoms with Crippen LogP contribution in [0, 0.1) is 11.8 Å². The molecular weight excluding hydrogens is 158 g/mol. The highest BCUT2D eigenvalue weighted by atomic mass is 14.7. The average molecular weight is 181 g/mol. The predicted molar refractivity (Wildman–Crippen MR) is 58.5 cm³/mol. The van der Waals surface area contributed by atoms with Gasteiger partial charge in [0.1, 0.15) is 0 Å². The summed E-state index contributed by atoms with van der Waals surface area (Å²) in [6.45, 7) is 4.50. The highest BCUT2D eigenvalue weighted by Crippen LogP contribution is 2.28. The van der Waals surface area contributed by atoms with E-state index in [2.05, 4.69) is 26.0 Å². The van der Waals surface area contributed by atoms with E-state index in [-0.39, 0.29) is 0 Å². The molecule has 0 aromatic carbocycles. The Morgan fingerprint density at radius 1 is 1.38 bits per heavy atom. The van der Waals surface area contributed by atoms with E-state index in [1.807, 2.05) is 0 Å². The second-order valence-corrected chi connectivity index (χ2v) is 4.37. The van der Waals surface area contributed by atoms with Crippen molar-refractivity contribution in [3.8, 4) is 0 Å². The molecule has 1 heteroatoms. The molecule has 1 saturated carbocycles. The van der Waals surface area contributed by atoms with Gasteiger partial charge in [0.2, 0.25) is 0 Å². The van der Waals surface area contributed by atoms with Gasteiger partial charge >= 0.3 is 0 Å². The summed E-state index contributed by atoms with van der Waals surface area (Å²) in [6.07, 6.45) is 11.1. The van der Waals surface area contributed by atoms with Crippen molar-refractivity contribution in [2.75, 3.05) is 0 Å². The molecule has 0 spiro atoms. The van der Waals surface area contributed by atoms with Crippen molar-refractivity contribution in [1.82, 2.24) is 0 Å². The van der Waals surface area contributed by atoms with Crippen molar-refractivity contribution in [3.63, 3.8) is 0 Å². The standard InChI is InChI=1S/C12H23N/c1-3-4-5-8-11-9-6-7-10(2)12(11)13/h5,8,10-12H,3-4,6-7,9,13H2,1-2H3/b8-5-. The molecule has 76 valence electrons. The normalized spacial score (nSPS) is 35.5. The molecule has 0 saturated heterocycles. The molecule has 0 amide bonds. The van der Waals surface area contributed by atoms with Crippen molar-refractivity contribution in [1.29, 1.82) is 0 Å². The van der Waals surface area contributed by atoms with Crippen molar-refractivity contribution >= 4 is 0 Å². The van der Waals surface area contributed by atoms with Crippen LogP contribution in [0.4, 0.5) is 0 Å². The zero-order chi connectivity index (χ0) is 9.68. The third kappa shape index (κ3) is 3.15. The molecule has 1 aliphatic rings. The molecule has 0 radical (unpaired) electrons. The van der Waals surface area contributed by atoms with Gasteiger partial charge in [0.15, 0.2) is 0 Å². The summed E-state index contributed by atoms with van der Waals surface area (Å²) in [5.74, 6) is 1.36. The lowest BCUT2D eigenvalue weighted by atomic mass is 9.78. The first-order chi connectivity index (χ1) is 6.25. The maximum Gasteiger partial charge on any atom is 0.0128 e. The Morgan fingerprint density at radius 3 is 2.85 bits per heavy atom. The molecule has 0 aromatic heterocycles. The predicted octanol–water partition coefficient (Wildman–Crippen LogP) is 3.11. The maximum absolute atomic E-state index is 6.15. The minimum absolute atomic E-state index is 0.404. The maximum atomic E-state index is 6.15. The molecule has 2 N–H and O–H groups in total. The molecule has 0 aromatic rings. The van der Waals surface area contributed by atoms with Gasteiger partial charge in [0.05, 0.1) is 0 Å². The summed E-state index contributed by atoms with van der Waals surface area (Å²) in [5.41, 5.74) is 6.15. The van der Waals surface area contributed by atoms with E-state index in [9.17, 15) is 0 Å². The molecule has 1 rings (SSSR count). The summed E-state index contributed by atoms with van der Waals surface area (Å²) in [5, 5.41) is 0. The van der Waals surface area contributed by atoms with Gasteiger partial charge in [-0.05, 0) is 31.1 Å². The monoisotopic (exact) mass is 181 g/mol. The van der Waals surface area contributed by atoms with Crippen LogP contribution in [0.25, 0.3) is 0 Å². The van der Waals surface area contributed by atoms with Gasteiger partial charge in [-0.15, -0.1) is 0 Å². The molecule has 1 aliphatic carbocycles. The molecule has 0 aliphatic heterocycles. The van der Waals surface area contributed by atoms with Crippen LogP contribution >= 0.6 is 0 Å². The molecular formula is C12H23N. The smallest absolute Gasteiger partial charge is 0.0128 e. The van der Waals surface area contributed by atoms with Crippen LogP contribution in [-0.2, 0) is 0 Å². The number of hydrogen-bond acceptors (Lipinski definition) is 1. The Morgan fingerprint density at radius 2 is 2.15 bits per heavy atom. The van der Waals surface area contributed by atoms with Gasteiger partial charge < -0.3 is 5.73 Å². The largest absolute Gasteiger partial charge is 0.327 e. The lowest BCUT2D eigenvalue weighted by Gasteiger charge is -2.32. The summed E-state index contributed by atoms with van der Waals surface area (Å²) in [6, 6.07) is 0.404. The molecule has 0 heterocycles. The molecule has 3 atom stereocenters. The summed E-state index contributed by atoms with van der Waals surface area (Å²) >= 11 is 0. The van der Waals surface area contributed by atoms with Gasteiger partial charge in [0, 0.05) is 6.04 Å². The number of allylic oxidation sites excluding steroid dienone is 1. The van der Waals surface area contributed by atoms with Crippen LogP contribution in [0.1, 0.15) is 46.0 Å². The third-order valence-corrected chi connectivity index (χ3v) is 3.19. The van der Waals surface area contributed by atoms with E-state index >= 15 is 0 Å². The van der Waals surface area contributed by atoms with E-state index in [0.29, 0.717) is 17.9 Å². The zero-order valence-electron chi connectivity index (χ0n) is 9.00. The molecule has 3 unspecified atom stereocenters. The molecule has 0 bridgehead atoms. The Hall–Kier alpha value is -0.300. The van der Waals surface area contributed by atoms with Crippen molar-refractivity contribution in [2.45, 2.75) is 52.0 Å². The highest BCUT2D eigenvalue weighted by Gasteiger charge is 2.25. The topological polar surface area (TPSA) is 26.0 Å². The van der Waals surface area contributed by atoms with E-state index in [1.54, 1.807) is 0 Å². The summed E-state index contributed by atoms with van der Waals surface area (Å²) in [7, 11) is 0. The van der Waals surface area contributed by atoms with Crippen LogP contribution in [0.5, 0.6) is 0 Å². The average Bonchev–Trinajstić information content (AvgIpc) is 2.13. The van der Waals surface area contributed by atoms with Gasteiger partial charge in [-0.3, -0.25) is 0 Å². The highest BCUT2D eigenvalue weighted by molar-refractivity contribution is 4.97. The number of unbranched alkanes of at least 4 members (excludes halogenated alkanes) is 1. The van der Waals surface area contributed by atoms with Crippen molar-refractivity contribution in [3.05, 3.63) is 12.2 Å². The fraction of sp³-hybridized carbons (Fsp3) is 0.833. The van der Waals surface area contributed by atoms with E-state index in [4.69, 9.17) is 5.73 Å². The van der Waals surface area contributed by atoms with Gasteiger partial charge in [-0.1, -0.05) is 38.8 Å². The van der Waals surface area contributed by atoms with E-state index < -0.39 is 0 Å². The van der Waals surface area contributed by atoms with Crippen LogP contribution < -0.4 is 5.73 Å². The quantitative estimate of drug-likeness (QED) is 0.665. The number of hydrogen-bond donors (Lipinski definition) is 1. The Kier molecular flexibility index (Phi) is 4.51. The summed E-state index contributed by atoms with van der Waals surface area (Å²) < 4.78 is 0. The first-order valence-electron chi connectivity index (χ1n) is 5.68. The minimum atomic E-state index is 0.404. The van der Waals surface area contributed by atoms with Crippen LogP contribution in [0.15, 0.2) is 12.2 Å². The lowest BCUT2D eigenvalue weighted by molar-refractivity contribution is 0.273.